The molecule has 0 aromatic heterocycles. The molecular weight excluding hydrogens is 268 g/mol. The second kappa shape index (κ2) is 4.99. The monoisotopic (exact) mass is 283 g/mol. The molecule has 0 bridgehead atoms. The maximum absolute atomic E-state index is 13.0. The highest BCUT2D eigenvalue weighted by atomic mass is 19.3. The molecule has 1 aliphatic rings. The number of benzene rings is 1. The summed E-state index contributed by atoms with van der Waals surface area (Å²) >= 11 is 0. The number of aliphatic imine (C=N–C) groups is 1. The molecule has 1 aromatic carbocycles. The van der Waals surface area contributed by atoms with Crippen LogP contribution in [0.1, 0.15) is 24.5 Å². The summed E-state index contributed by atoms with van der Waals surface area (Å²) in [5, 5.41) is 0. The van der Waals surface area contributed by atoms with Gasteiger partial charge in [-0.3, -0.25) is 0 Å². The highest BCUT2D eigenvalue weighted by Gasteiger charge is 2.43. The second-order valence-corrected chi connectivity index (χ2v) is 4.34. The molecule has 1 heterocycles. The number of halogens is 2. The van der Waals surface area contributed by atoms with Crippen molar-refractivity contribution in [3.05, 3.63) is 29.5 Å². The molecule has 0 unspecified atom stereocenters. The lowest BCUT2D eigenvalue weighted by Gasteiger charge is -2.06. The predicted molar refractivity (Wildman–Crippen MR) is 71.5 cm³/mol. The van der Waals surface area contributed by atoms with Crippen LogP contribution in [0.3, 0.4) is 0 Å². The van der Waals surface area contributed by atoms with Crippen molar-refractivity contribution >= 4 is 11.5 Å². The van der Waals surface area contributed by atoms with E-state index in [9.17, 15) is 8.78 Å². The first-order valence-electron chi connectivity index (χ1n) is 6.01. The summed E-state index contributed by atoms with van der Waals surface area (Å²) in [6.45, 7) is 3.58. The SMILES string of the molecule is CCC(N)=N/C=C(\N)c1cc2c(cc1C)OC(F)(F)O2. The van der Waals surface area contributed by atoms with E-state index in [2.05, 4.69) is 14.5 Å². The Balaban J connectivity index is 2.36. The molecule has 0 saturated heterocycles. The summed E-state index contributed by atoms with van der Waals surface area (Å²) < 4.78 is 34.7. The largest absolute Gasteiger partial charge is 0.586 e. The van der Waals surface area contributed by atoms with Crippen LogP contribution in [-0.2, 0) is 0 Å². The van der Waals surface area contributed by atoms with E-state index in [4.69, 9.17) is 11.5 Å². The molecule has 0 spiro atoms. The van der Waals surface area contributed by atoms with Gasteiger partial charge in [0.15, 0.2) is 11.5 Å². The van der Waals surface area contributed by atoms with Crippen molar-refractivity contribution in [2.45, 2.75) is 26.6 Å². The molecule has 20 heavy (non-hydrogen) atoms. The lowest BCUT2D eigenvalue weighted by atomic mass is 10.1. The Morgan fingerprint density at radius 2 is 1.90 bits per heavy atom. The standard InChI is InChI=1S/C13H15F2N3O2/c1-3-12(17)18-6-9(16)8-5-11-10(4-7(8)2)19-13(14,15)20-11/h4-6H,3,16H2,1-2H3,(H2,17,18)/b9-6-. The van der Waals surface area contributed by atoms with Crippen LogP contribution in [0.15, 0.2) is 23.3 Å². The highest BCUT2D eigenvalue weighted by Crippen LogP contribution is 2.43. The molecule has 0 radical (unpaired) electrons. The number of aryl methyl sites for hydroxylation is 1. The first kappa shape index (κ1) is 14.1. The van der Waals surface area contributed by atoms with E-state index in [0.717, 1.165) is 0 Å². The van der Waals surface area contributed by atoms with Crippen LogP contribution >= 0.6 is 0 Å². The van der Waals surface area contributed by atoms with Crippen molar-refractivity contribution in [1.82, 2.24) is 0 Å². The Morgan fingerprint density at radius 1 is 1.30 bits per heavy atom. The summed E-state index contributed by atoms with van der Waals surface area (Å²) in [6.07, 6.45) is -1.66. The van der Waals surface area contributed by atoms with Gasteiger partial charge in [0, 0.05) is 12.0 Å². The Kier molecular flexibility index (Phi) is 3.52. The van der Waals surface area contributed by atoms with Gasteiger partial charge >= 0.3 is 6.29 Å². The van der Waals surface area contributed by atoms with Crippen LogP contribution in [0, 0.1) is 6.92 Å². The molecule has 2 rings (SSSR count). The van der Waals surface area contributed by atoms with Gasteiger partial charge in [-0.2, -0.15) is 0 Å². The van der Waals surface area contributed by atoms with E-state index < -0.39 is 6.29 Å². The fourth-order valence-corrected chi connectivity index (χ4v) is 1.72. The zero-order chi connectivity index (χ0) is 14.9. The Morgan fingerprint density at radius 3 is 2.50 bits per heavy atom. The average molecular weight is 283 g/mol. The molecule has 7 heteroatoms. The van der Waals surface area contributed by atoms with E-state index in [-0.39, 0.29) is 11.5 Å². The third-order valence-electron chi connectivity index (χ3n) is 2.79. The van der Waals surface area contributed by atoms with Crippen LogP contribution in [0.25, 0.3) is 5.70 Å². The van der Waals surface area contributed by atoms with Gasteiger partial charge in [0.25, 0.3) is 0 Å². The molecule has 0 saturated carbocycles. The van der Waals surface area contributed by atoms with Crippen LogP contribution < -0.4 is 20.9 Å². The smallest absolute Gasteiger partial charge is 0.397 e. The van der Waals surface area contributed by atoms with Gasteiger partial charge in [0.1, 0.15) is 0 Å². The summed E-state index contributed by atoms with van der Waals surface area (Å²) in [7, 11) is 0. The van der Waals surface area contributed by atoms with E-state index in [1.54, 1.807) is 6.92 Å². The Hall–Kier alpha value is -2.31. The Labute approximate surface area is 114 Å². The molecular formula is C13H15F2N3O2. The third kappa shape index (κ3) is 2.81. The van der Waals surface area contributed by atoms with Gasteiger partial charge in [-0.1, -0.05) is 6.92 Å². The van der Waals surface area contributed by atoms with Crippen LogP contribution in [0.4, 0.5) is 8.78 Å². The van der Waals surface area contributed by atoms with E-state index in [0.29, 0.717) is 29.1 Å². The Bertz CT molecular complexity index is 598. The number of amidine groups is 1. The minimum absolute atomic E-state index is 0.0133. The van der Waals surface area contributed by atoms with Crippen molar-refractivity contribution in [2.24, 2.45) is 16.5 Å². The van der Waals surface area contributed by atoms with Gasteiger partial charge in [-0.05, 0) is 24.6 Å². The van der Waals surface area contributed by atoms with E-state index >= 15 is 0 Å². The minimum Gasteiger partial charge on any atom is -0.397 e. The van der Waals surface area contributed by atoms with Crippen LogP contribution in [0.5, 0.6) is 11.5 Å². The summed E-state index contributed by atoms with van der Waals surface area (Å²) in [5.41, 5.74) is 13.0. The summed E-state index contributed by atoms with van der Waals surface area (Å²) in [4.78, 5) is 3.97. The molecule has 5 nitrogen and oxygen atoms in total. The van der Waals surface area contributed by atoms with Crippen molar-refractivity contribution < 1.29 is 18.3 Å². The second-order valence-electron chi connectivity index (χ2n) is 4.34. The average Bonchev–Trinajstić information content (AvgIpc) is 2.67. The maximum atomic E-state index is 13.0. The molecule has 0 amide bonds. The van der Waals surface area contributed by atoms with Gasteiger partial charge < -0.3 is 20.9 Å². The first-order valence-corrected chi connectivity index (χ1v) is 6.01. The molecule has 108 valence electrons. The van der Waals surface area contributed by atoms with E-state index in [1.165, 1.54) is 18.3 Å². The number of alkyl halides is 2. The molecule has 1 aliphatic heterocycles. The minimum atomic E-state index is -3.64. The topological polar surface area (TPSA) is 82.9 Å². The quantitative estimate of drug-likeness (QED) is 0.659. The van der Waals surface area contributed by atoms with Gasteiger partial charge in [0.2, 0.25) is 0 Å². The number of fused-ring (bicyclic) bond motifs is 1. The molecule has 1 aromatic rings. The normalized spacial score (nSPS) is 17.4. The van der Waals surface area contributed by atoms with Gasteiger partial charge in [0.05, 0.1) is 17.7 Å². The van der Waals surface area contributed by atoms with Crippen molar-refractivity contribution in [3.63, 3.8) is 0 Å². The number of rotatable bonds is 3. The molecule has 0 aliphatic carbocycles. The maximum Gasteiger partial charge on any atom is 0.586 e. The number of nitrogens with zero attached hydrogens (tertiary/aromatic N) is 1. The molecule has 0 fully saturated rings. The van der Waals surface area contributed by atoms with Crippen molar-refractivity contribution in [2.75, 3.05) is 0 Å². The number of hydrogen-bond donors (Lipinski definition) is 2. The first-order chi connectivity index (χ1) is 9.32. The zero-order valence-corrected chi connectivity index (χ0v) is 11.1. The van der Waals surface area contributed by atoms with Crippen LogP contribution in [0.2, 0.25) is 0 Å². The van der Waals surface area contributed by atoms with E-state index in [1.807, 2.05) is 6.92 Å². The lowest BCUT2D eigenvalue weighted by molar-refractivity contribution is -0.286. The van der Waals surface area contributed by atoms with Crippen molar-refractivity contribution in [3.8, 4) is 11.5 Å². The number of nitrogens with two attached hydrogens (primary N) is 2. The number of hydrogen-bond acceptors (Lipinski definition) is 4. The summed E-state index contributed by atoms with van der Waals surface area (Å²) in [5.74, 6) is 0.359. The summed E-state index contributed by atoms with van der Waals surface area (Å²) in [6, 6.07) is 2.84. The van der Waals surface area contributed by atoms with Gasteiger partial charge in [-0.15, -0.1) is 8.78 Å². The third-order valence-corrected chi connectivity index (χ3v) is 2.79. The molecule has 0 atom stereocenters. The highest BCUT2D eigenvalue weighted by molar-refractivity contribution is 5.81. The predicted octanol–water partition coefficient (Wildman–Crippen LogP) is 2.34. The van der Waals surface area contributed by atoms with Gasteiger partial charge in [-0.25, -0.2) is 4.99 Å². The van der Waals surface area contributed by atoms with Crippen molar-refractivity contribution in [1.29, 1.82) is 0 Å². The fraction of sp³-hybridized carbons (Fsp3) is 0.308. The lowest BCUT2D eigenvalue weighted by Crippen LogP contribution is -2.25. The van der Waals surface area contributed by atoms with Crippen LogP contribution in [-0.4, -0.2) is 12.1 Å². The zero-order valence-electron chi connectivity index (χ0n) is 11.1. The molecule has 4 N–H and O–H groups in total. The fourth-order valence-electron chi connectivity index (χ4n) is 1.72. The number of ether oxygens (including phenoxy) is 2.